The molecule has 0 unspecified atom stereocenters. The van der Waals surface area contributed by atoms with Gasteiger partial charge in [0.25, 0.3) is 0 Å². The van der Waals surface area contributed by atoms with E-state index >= 15 is 0 Å². The summed E-state index contributed by atoms with van der Waals surface area (Å²) >= 11 is 0. The van der Waals surface area contributed by atoms with Crippen molar-refractivity contribution in [3.8, 4) is 0 Å². The lowest BCUT2D eigenvalue weighted by Crippen LogP contribution is -2.43. The summed E-state index contributed by atoms with van der Waals surface area (Å²) in [5, 5.41) is 0. The van der Waals surface area contributed by atoms with Crippen LogP contribution in [0.3, 0.4) is 0 Å². The van der Waals surface area contributed by atoms with Gasteiger partial charge in [-0.1, -0.05) is 33.1 Å². The molecule has 1 aliphatic heterocycles. The highest BCUT2D eigenvalue weighted by molar-refractivity contribution is 5.46. The van der Waals surface area contributed by atoms with Gasteiger partial charge in [0, 0.05) is 19.1 Å². The Balaban J connectivity index is 0.000000295. The largest absolute Gasteiger partial charge is 0.346 e. The highest BCUT2D eigenvalue weighted by Crippen LogP contribution is 2.29. The van der Waals surface area contributed by atoms with Gasteiger partial charge in [-0.05, 0) is 64.5 Å². The zero-order valence-corrected chi connectivity index (χ0v) is 15.6. The van der Waals surface area contributed by atoms with Crippen LogP contribution in [-0.2, 0) is 4.79 Å². The average molecular weight is 311 g/mol. The van der Waals surface area contributed by atoms with E-state index in [-0.39, 0.29) is 0 Å². The summed E-state index contributed by atoms with van der Waals surface area (Å²) in [6.07, 6.45) is 11.1. The fraction of sp³-hybridized carbons (Fsp3) is 0.947. The lowest BCUT2D eigenvalue weighted by molar-refractivity contribution is -0.118. The molecule has 1 amide bonds. The standard InChI is InChI=1S/C14H27N.C5H11NO/c1-12(2)13-8-10-15(11-9-13)14-6-4-3-5-7-14;1-5(2)6(3)4-7/h12-14H,3-11H2,1-2H3;4-5H,1-3H3. The van der Waals surface area contributed by atoms with Gasteiger partial charge in [0.15, 0.2) is 0 Å². The van der Waals surface area contributed by atoms with Crippen LogP contribution < -0.4 is 0 Å². The minimum absolute atomic E-state index is 0.331. The Morgan fingerprint density at radius 3 is 1.86 bits per heavy atom. The molecule has 0 N–H and O–H groups in total. The number of rotatable bonds is 4. The van der Waals surface area contributed by atoms with E-state index in [2.05, 4.69) is 18.7 Å². The van der Waals surface area contributed by atoms with Gasteiger partial charge in [0.2, 0.25) is 6.41 Å². The van der Waals surface area contributed by atoms with Crippen LogP contribution in [0.2, 0.25) is 0 Å². The van der Waals surface area contributed by atoms with Gasteiger partial charge < -0.3 is 9.80 Å². The number of carbonyl (C=O) groups is 1. The number of carbonyl (C=O) groups excluding carboxylic acids is 1. The molecular formula is C19H38N2O. The first-order valence-corrected chi connectivity index (χ1v) is 9.37. The fourth-order valence-electron chi connectivity index (χ4n) is 3.52. The molecule has 130 valence electrons. The molecule has 0 aromatic heterocycles. The quantitative estimate of drug-likeness (QED) is 0.728. The van der Waals surface area contributed by atoms with E-state index in [1.165, 1.54) is 58.0 Å². The number of nitrogens with zero attached hydrogens (tertiary/aromatic N) is 2. The van der Waals surface area contributed by atoms with Crippen molar-refractivity contribution in [3.05, 3.63) is 0 Å². The van der Waals surface area contributed by atoms with E-state index in [4.69, 9.17) is 0 Å². The lowest BCUT2D eigenvalue weighted by Gasteiger charge is -2.40. The predicted octanol–water partition coefficient (Wildman–Crippen LogP) is 4.17. The molecule has 22 heavy (non-hydrogen) atoms. The lowest BCUT2D eigenvalue weighted by atomic mass is 9.85. The number of hydrogen-bond donors (Lipinski definition) is 0. The highest BCUT2D eigenvalue weighted by atomic mass is 16.1. The molecule has 0 bridgehead atoms. The molecule has 1 saturated heterocycles. The molecule has 0 aromatic rings. The summed E-state index contributed by atoms with van der Waals surface area (Å²) < 4.78 is 0. The molecule has 2 aliphatic rings. The van der Waals surface area contributed by atoms with E-state index in [1.54, 1.807) is 11.9 Å². The maximum atomic E-state index is 9.87. The number of hydrogen-bond acceptors (Lipinski definition) is 2. The first-order chi connectivity index (χ1) is 10.5. The Kier molecular flexibility index (Phi) is 9.08. The first kappa shape index (κ1) is 19.5. The van der Waals surface area contributed by atoms with Crippen molar-refractivity contribution < 1.29 is 4.79 Å². The number of piperidine rings is 1. The Hall–Kier alpha value is -0.570. The van der Waals surface area contributed by atoms with Crippen molar-refractivity contribution in [1.82, 2.24) is 9.80 Å². The van der Waals surface area contributed by atoms with Gasteiger partial charge in [0.05, 0.1) is 0 Å². The first-order valence-electron chi connectivity index (χ1n) is 9.37. The van der Waals surface area contributed by atoms with Crippen LogP contribution in [0.25, 0.3) is 0 Å². The summed E-state index contributed by atoms with van der Waals surface area (Å²) in [6.45, 7) is 11.5. The molecule has 2 fully saturated rings. The average Bonchev–Trinajstić information content (AvgIpc) is 2.55. The molecule has 1 aliphatic carbocycles. The number of amides is 1. The van der Waals surface area contributed by atoms with Crippen molar-refractivity contribution >= 4 is 6.41 Å². The number of likely N-dealkylation sites (tertiary alicyclic amines) is 1. The highest BCUT2D eigenvalue weighted by Gasteiger charge is 2.26. The Morgan fingerprint density at radius 2 is 1.50 bits per heavy atom. The van der Waals surface area contributed by atoms with Crippen LogP contribution >= 0.6 is 0 Å². The zero-order valence-electron chi connectivity index (χ0n) is 15.6. The molecule has 3 nitrogen and oxygen atoms in total. The van der Waals surface area contributed by atoms with Crippen molar-refractivity contribution in [1.29, 1.82) is 0 Å². The summed E-state index contributed by atoms with van der Waals surface area (Å²) in [5.41, 5.74) is 0. The SMILES string of the molecule is CC(C)C1CCN(C2CCCCC2)CC1.CC(C)N(C)C=O. The van der Waals surface area contributed by atoms with Crippen LogP contribution in [0.1, 0.15) is 72.6 Å². The Morgan fingerprint density at radius 1 is 0.955 bits per heavy atom. The molecule has 1 saturated carbocycles. The van der Waals surface area contributed by atoms with Crippen molar-refractivity contribution in [2.24, 2.45) is 11.8 Å². The molecule has 2 rings (SSSR count). The minimum atomic E-state index is 0.331. The van der Waals surface area contributed by atoms with Crippen LogP contribution in [0.15, 0.2) is 0 Å². The van der Waals surface area contributed by atoms with E-state index in [0.717, 1.165) is 24.3 Å². The Bertz CT molecular complexity index is 290. The van der Waals surface area contributed by atoms with Crippen molar-refractivity contribution in [2.45, 2.75) is 84.7 Å². The third kappa shape index (κ3) is 6.68. The third-order valence-electron chi connectivity index (χ3n) is 5.59. The molecule has 1 heterocycles. The minimum Gasteiger partial charge on any atom is -0.346 e. The van der Waals surface area contributed by atoms with Crippen LogP contribution in [0.5, 0.6) is 0 Å². The maximum absolute atomic E-state index is 9.87. The van der Waals surface area contributed by atoms with E-state index in [9.17, 15) is 4.79 Å². The summed E-state index contributed by atoms with van der Waals surface area (Å²) in [4.78, 5) is 14.3. The second kappa shape index (κ2) is 10.3. The van der Waals surface area contributed by atoms with Gasteiger partial charge in [-0.25, -0.2) is 0 Å². The monoisotopic (exact) mass is 310 g/mol. The normalized spacial score (nSPS) is 21.6. The zero-order chi connectivity index (χ0) is 16.5. The smallest absolute Gasteiger partial charge is 0.209 e. The molecular weight excluding hydrogens is 272 g/mol. The van der Waals surface area contributed by atoms with E-state index in [0.29, 0.717) is 6.04 Å². The van der Waals surface area contributed by atoms with E-state index < -0.39 is 0 Å². The summed E-state index contributed by atoms with van der Waals surface area (Å²) in [7, 11) is 1.76. The molecule has 0 spiro atoms. The van der Waals surface area contributed by atoms with Crippen LogP contribution in [0, 0.1) is 11.8 Å². The van der Waals surface area contributed by atoms with Gasteiger partial charge in [-0.15, -0.1) is 0 Å². The van der Waals surface area contributed by atoms with Gasteiger partial charge in [-0.3, -0.25) is 4.79 Å². The van der Waals surface area contributed by atoms with Crippen molar-refractivity contribution in [2.75, 3.05) is 20.1 Å². The fourth-order valence-corrected chi connectivity index (χ4v) is 3.52. The third-order valence-corrected chi connectivity index (χ3v) is 5.59. The van der Waals surface area contributed by atoms with E-state index in [1.807, 2.05) is 13.8 Å². The summed E-state index contributed by atoms with van der Waals surface area (Å²) in [5.74, 6) is 1.91. The van der Waals surface area contributed by atoms with Gasteiger partial charge in [0.1, 0.15) is 0 Å². The maximum Gasteiger partial charge on any atom is 0.209 e. The molecule has 0 aromatic carbocycles. The van der Waals surface area contributed by atoms with Gasteiger partial charge in [-0.2, -0.15) is 0 Å². The molecule has 0 atom stereocenters. The van der Waals surface area contributed by atoms with Gasteiger partial charge >= 0.3 is 0 Å². The van der Waals surface area contributed by atoms with Crippen molar-refractivity contribution in [3.63, 3.8) is 0 Å². The molecule has 0 radical (unpaired) electrons. The molecule has 3 heteroatoms. The second-order valence-corrected chi connectivity index (χ2v) is 7.77. The second-order valence-electron chi connectivity index (χ2n) is 7.77. The topological polar surface area (TPSA) is 23.6 Å². The Labute approximate surface area is 138 Å². The van der Waals surface area contributed by atoms with Crippen LogP contribution in [-0.4, -0.2) is 48.4 Å². The summed E-state index contributed by atoms with van der Waals surface area (Å²) in [6, 6.07) is 1.28. The van der Waals surface area contributed by atoms with Crippen LogP contribution in [0.4, 0.5) is 0 Å². The predicted molar refractivity (Wildman–Crippen MR) is 95.0 cm³/mol.